The van der Waals surface area contributed by atoms with Crippen LogP contribution in [0.1, 0.15) is 36.2 Å². The number of carbonyl (C=O) groups excluding carboxylic acids is 1. The Morgan fingerprint density at radius 1 is 1.45 bits per heavy atom. The maximum atomic E-state index is 12.5. The fourth-order valence-corrected chi connectivity index (χ4v) is 3.16. The van der Waals surface area contributed by atoms with Gasteiger partial charge in [-0.25, -0.2) is 0 Å². The standard InChI is InChI=1S/C14H18ClN3OS/c1-9(12-5-6-13(15)20-12)14(19)18(4)10(2)11-7-16-17(3)8-11/h5-10H,1-4H3/t9-,10+/m0/s1. The lowest BCUT2D eigenvalue weighted by molar-refractivity contribution is -0.133. The fraction of sp³-hybridized carbons (Fsp3) is 0.429. The van der Waals surface area contributed by atoms with Gasteiger partial charge in [-0.05, 0) is 26.0 Å². The number of hydrogen-bond acceptors (Lipinski definition) is 3. The number of halogens is 1. The van der Waals surface area contributed by atoms with Crippen molar-refractivity contribution >= 4 is 28.8 Å². The Hall–Kier alpha value is -1.33. The Balaban J connectivity index is 2.12. The summed E-state index contributed by atoms with van der Waals surface area (Å²) in [6, 6.07) is 3.74. The van der Waals surface area contributed by atoms with E-state index < -0.39 is 0 Å². The SMILES string of the molecule is C[C@H](C(=O)N(C)[C@H](C)c1cnn(C)c1)c1ccc(Cl)s1. The quantitative estimate of drug-likeness (QED) is 0.867. The summed E-state index contributed by atoms with van der Waals surface area (Å²) in [7, 11) is 3.69. The van der Waals surface area contributed by atoms with Crippen LogP contribution in [0.2, 0.25) is 4.34 Å². The van der Waals surface area contributed by atoms with Gasteiger partial charge in [-0.3, -0.25) is 9.48 Å². The molecule has 0 radical (unpaired) electrons. The highest BCUT2D eigenvalue weighted by Crippen LogP contribution is 2.30. The van der Waals surface area contributed by atoms with E-state index in [0.717, 1.165) is 10.4 Å². The van der Waals surface area contributed by atoms with Crippen molar-refractivity contribution in [1.82, 2.24) is 14.7 Å². The summed E-state index contributed by atoms with van der Waals surface area (Å²) < 4.78 is 2.45. The average molecular weight is 312 g/mol. The molecule has 2 aromatic rings. The van der Waals surface area contributed by atoms with Crippen molar-refractivity contribution in [2.75, 3.05) is 7.05 Å². The van der Waals surface area contributed by atoms with Crippen LogP contribution in [0.5, 0.6) is 0 Å². The van der Waals surface area contributed by atoms with Crippen molar-refractivity contribution in [3.8, 4) is 0 Å². The lowest BCUT2D eigenvalue weighted by Gasteiger charge is -2.26. The number of rotatable bonds is 4. The van der Waals surface area contributed by atoms with E-state index in [1.807, 2.05) is 46.3 Å². The van der Waals surface area contributed by atoms with Gasteiger partial charge in [-0.15, -0.1) is 11.3 Å². The Morgan fingerprint density at radius 2 is 2.15 bits per heavy atom. The predicted octanol–water partition coefficient (Wildman–Crippen LogP) is 3.46. The van der Waals surface area contributed by atoms with Gasteiger partial charge < -0.3 is 4.90 Å². The van der Waals surface area contributed by atoms with Gasteiger partial charge in [-0.2, -0.15) is 5.10 Å². The Bertz CT molecular complexity index is 607. The Labute approximate surface area is 128 Å². The zero-order chi connectivity index (χ0) is 14.9. The molecule has 2 aromatic heterocycles. The van der Waals surface area contributed by atoms with Crippen LogP contribution in [0, 0.1) is 0 Å². The number of carbonyl (C=O) groups is 1. The fourth-order valence-electron chi connectivity index (χ4n) is 2.06. The Morgan fingerprint density at radius 3 is 2.65 bits per heavy atom. The molecule has 6 heteroatoms. The number of thiophene rings is 1. The highest BCUT2D eigenvalue weighted by atomic mass is 35.5. The molecule has 0 unspecified atom stereocenters. The molecule has 0 saturated heterocycles. The van der Waals surface area contributed by atoms with Gasteiger partial charge in [-0.1, -0.05) is 11.6 Å². The summed E-state index contributed by atoms with van der Waals surface area (Å²) in [6.45, 7) is 3.92. The van der Waals surface area contributed by atoms with Gasteiger partial charge in [0, 0.05) is 30.7 Å². The van der Waals surface area contributed by atoms with Crippen molar-refractivity contribution in [3.05, 3.63) is 39.3 Å². The molecule has 4 nitrogen and oxygen atoms in total. The lowest BCUT2D eigenvalue weighted by atomic mass is 10.1. The molecule has 0 aliphatic carbocycles. The molecule has 1 amide bonds. The lowest BCUT2D eigenvalue weighted by Crippen LogP contribution is -2.32. The highest BCUT2D eigenvalue weighted by molar-refractivity contribution is 7.16. The van der Waals surface area contributed by atoms with Crippen LogP contribution in [-0.4, -0.2) is 27.6 Å². The van der Waals surface area contributed by atoms with Crippen molar-refractivity contribution in [3.63, 3.8) is 0 Å². The van der Waals surface area contributed by atoms with E-state index in [2.05, 4.69) is 5.10 Å². The second kappa shape index (κ2) is 5.97. The minimum atomic E-state index is -0.184. The summed E-state index contributed by atoms with van der Waals surface area (Å²) in [4.78, 5) is 15.3. The van der Waals surface area contributed by atoms with Crippen molar-refractivity contribution in [2.45, 2.75) is 25.8 Å². The summed E-state index contributed by atoms with van der Waals surface area (Å²) >= 11 is 7.39. The molecule has 0 spiro atoms. The molecule has 108 valence electrons. The third-order valence-corrected chi connectivity index (χ3v) is 4.94. The Kier molecular flexibility index (Phi) is 4.50. The summed E-state index contributed by atoms with van der Waals surface area (Å²) in [6.07, 6.45) is 3.72. The molecular weight excluding hydrogens is 294 g/mol. The van der Waals surface area contributed by atoms with E-state index >= 15 is 0 Å². The van der Waals surface area contributed by atoms with E-state index in [0.29, 0.717) is 4.34 Å². The van der Waals surface area contributed by atoms with Gasteiger partial charge in [0.25, 0.3) is 0 Å². The van der Waals surface area contributed by atoms with E-state index in [9.17, 15) is 4.79 Å². The highest BCUT2D eigenvalue weighted by Gasteiger charge is 2.25. The predicted molar refractivity (Wildman–Crippen MR) is 82.1 cm³/mol. The molecule has 20 heavy (non-hydrogen) atoms. The van der Waals surface area contributed by atoms with Crippen LogP contribution in [0.3, 0.4) is 0 Å². The molecule has 0 N–H and O–H groups in total. The minimum absolute atomic E-state index is 0.00548. The van der Waals surface area contributed by atoms with Gasteiger partial charge >= 0.3 is 0 Å². The summed E-state index contributed by atoms with van der Waals surface area (Å²) in [5.74, 6) is -0.100. The topological polar surface area (TPSA) is 38.1 Å². The molecule has 0 aliphatic rings. The van der Waals surface area contributed by atoms with E-state index in [-0.39, 0.29) is 17.9 Å². The zero-order valence-electron chi connectivity index (χ0n) is 12.0. The normalized spacial score (nSPS) is 14.1. The van der Waals surface area contributed by atoms with Crippen LogP contribution < -0.4 is 0 Å². The molecule has 2 atom stereocenters. The monoisotopic (exact) mass is 311 g/mol. The molecule has 0 bridgehead atoms. The van der Waals surface area contributed by atoms with Gasteiger partial charge in [0.2, 0.25) is 5.91 Å². The second-order valence-corrected chi connectivity index (χ2v) is 6.68. The summed E-state index contributed by atoms with van der Waals surface area (Å²) in [5.41, 5.74) is 1.03. The largest absolute Gasteiger partial charge is 0.338 e. The third kappa shape index (κ3) is 3.04. The number of aromatic nitrogens is 2. The molecule has 0 aliphatic heterocycles. The number of nitrogens with zero attached hydrogens (tertiary/aromatic N) is 3. The number of amides is 1. The van der Waals surface area contributed by atoms with Crippen LogP contribution in [-0.2, 0) is 11.8 Å². The first-order valence-electron chi connectivity index (χ1n) is 6.40. The molecule has 0 fully saturated rings. The smallest absolute Gasteiger partial charge is 0.230 e. The average Bonchev–Trinajstić information content (AvgIpc) is 3.04. The maximum Gasteiger partial charge on any atom is 0.230 e. The molecule has 2 heterocycles. The first-order chi connectivity index (χ1) is 9.40. The van der Waals surface area contributed by atoms with Crippen LogP contribution in [0.4, 0.5) is 0 Å². The molecule has 0 aromatic carbocycles. The molecule has 2 rings (SSSR count). The first kappa shape index (κ1) is 15.1. The molecule has 0 saturated carbocycles. The third-order valence-electron chi connectivity index (χ3n) is 3.53. The number of hydrogen-bond donors (Lipinski definition) is 0. The van der Waals surface area contributed by atoms with Gasteiger partial charge in [0.05, 0.1) is 22.5 Å². The summed E-state index contributed by atoms with van der Waals surface area (Å²) in [5, 5.41) is 4.15. The van der Waals surface area contributed by atoms with E-state index in [1.54, 1.807) is 15.8 Å². The number of likely N-dealkylation sites (N-methyl/N-ethyl adjacent to an activating group) is 1. The minimum Gasteiger partial charge on any atom is -0.338 e. The van der Waals surface area contributed by atoms with Crippen molar-refractivity contribution < 1.29 is 4.79 Å². The number of aryl methyl sites for hydroxylation is 1. The maximum absolute atomic E-state index is 12.5. The van der Waals surface area contributed by atoms with Gasteiger partial charge in [0.1, 0.15) is 0 Å². The zero-order valence-corrected chi connectivity index (χ0v) is 13.6. The second-order valence-electron chi connectivity index (χ2n) is 4.94. The first-order valence-corrected chi connectivity index (χ1v) is 7.60. The van der Waals surface area contributed by atoms with Crippen LogP contribution in [0.25, 0.3) is 0 Å². The van der Waals surface area contributed by atoms with Crippen LogP contribution in [0.15, 0.2) is 24.5 Å². The molecular formula is C14H18ClN3OS. The van der Waals surface area contributed by atoms with Crippen LogP contribution >= 0.6 is 22.9 Å². The van der Waals surface area contributed by atoms with Crippen molar-refractivity contribution in [2.24, 2.45) is 7.05 Å². The van der Waals surface area contributed by atoms with E-state index in [1.165, 1.54) is 11.3 Å². The van der Waals surface area contributed by atoms with Crippen molar-refractivity contribution in [1.29, 1.82) is 0 Å². The van der Waals surface area contributed by atoms with E-state index in [4.69, 9.17) is 11.6 Å². The van der Waals surface area contributed by atoms with Gasteiger partial charge in [0.15, 0.2) is 0 Å².